The minimum absolute atomic E-state index is 0.238. The van der Waals surface area contributed by atoms with Gasteiger partial charge < -0.3 is 10.6 Å². The lowest BCUT2D eigenvalue weighted by atomic mass is 10.1. The molecule has 108 valence electrons. The summed E-state index contributed by atoms with van der Waals surface area (Å²) in [6, 6.07) is 4.91. The topological polar surface area (TPSA) is 75.4 Å². The van der Waals surface area contributed by atoms with Crippen LogP contribution in [0.4, 0.5) is 5.69 Å². The largest absolute Gasteiger partial charge is 0.398 e. The second-order valence-corrected chi connectivity index (χ2v) is 7.24. The van der Waals surface area contributed by atoms with Gasteiger partial charge in [-0.05, 0) is 52.6 Å². The summed E-state index contributed by atoms with van der Waals surface area (Å²) >= 11 is 0. The number of anilines is 1. The van der Waals surface area contributed by atoms with Crippen LogP contribution in [0.15, 0.2) is 23.1 Å². The normalized spacial score (nSPS) is 12.9. The Morgan fingerprint density at radius 3 is 2.42 bits per heavy atom. The summed E-state index contributed by atoms with van der Waals surface area (Å²) in [6.45, 7) is 5.99. The maximum absolute atomic E-state index is 12.3. The minimum atomic E-state index is -3.54. The van der Waals surface area contributed by atoms with Gasteiger partial charge in [0.25, 0.3) is 0 Å². The van der Waals surface area contributed by atoms with Crippen LogP contribution in [0.25, 0.3) is 0 Å². The summed E-state index contributed by atoms with van der Waals surface area (Å²) in [4.78, 5) is 2.21. The molecule has 3 N–H and O–H groups in total. The molecule has 0 aromatic heterocycles. The Morgan fingerprint density at radius 1 is 1.32 bits per heavy atom. The first kappa shape index (κ1) is 15.9. The summed E-state index contributed by atoms with van der Waals surface area (Å²) in [6.07, 6.45) is 0. The zero-order chi connectivity index (χ0) is 14.8. The number of nitrogens with two attached hydrogens (primary N) is 1. The van der Waals surface area contributed by atoms with Gasteiger partial charge >= 0.3 is 0 Å². The van der Waals surface area contributed by atoms with Crippen molar-refractivity contribution in [3.8, 4) is 0 Å². The first-order valence-corrected chi connectivity index (χ1v) is 7.58. The SMILES string of the molecule is Cc1c(N)cccc1S(=O)(=O)NCC(C)(C)N(C)C. The van der Waals surface area contributed by atoms with Crippen molar-refractivity contribution in [3.05, 3.63) is 23.8 Å². The van der Waals surface area contributed by atoms with E-state index in [2.05, 4.69) is 4.72 Å². The molecule has 0 unspecified atom stereocenters. The van der Waals surface area contributed by atoms with Gasteiger partial charge in [0.1, 0.15) is 0 Å². The Morgan fingerprint density at radius 2 is 1.89 bits per heavy atom. The van der Waals surface area contributed by atoms with E-state index in [9.17, 15) is 8.42 Å². The number of rotatable bonds is 5. The van der Waals surface area contributed by atoms with E-state index in [4.69, 9.17) is 5.73 Å². The number of nitrogens with zero attached hydrogens (tertiary/aromatic N) is 1. The number of hydrogen-bond donors (Lipinski definition) is 2. The Kier molecular flexibility index (Phi) is 4.60. The summed E-state index contributed by atoms with van der Waals surface area (Å²) < 4.78 is 27.2. The number of hydrogen-bond acceptors (Lipinski definition) is 4. The van der Waals surface area contributed by atoms with Crippen molar-refractivity contribution in [1.82, 2.24) is 9.62 Å². The third kappa shape index (κ3) is 3.68. The lowest BCUT2D eigenvalue weighted by Gasteiger charge is -2.32. The number of likely N-dealkylation sites (N-methyl/N-ethyl adjacent to an activating group) is 1. The molecular weight excluding hydrogens is 262 g/mol. The van der Waals surface area contributed by atoms with Crippen LogP contribution in [0.3, 0.4) is 0 Å². The molecule has 1 aromatic rings. The van der Waals surface area contributed by atoms with Gasteiger partial charge in [0.15, 0.2) is 0 Å². The molecule has 0 saturated carbocycles. The number of nitrogens with one attached hydrogen (secondary N) is 1. The average molecular weight is 285 g/mol. The zero-order valence-electron chi connectivity index (χ0n) is 12.2. The molecule has 1 aromatic carbocycles. The fourth-order valence-electron chi connectivity index (χ4n) is 1.43. The van der Waals surface area contributed by atoms with Crippen LogP contribution >= 0.6 is 0 Å². The van der Waals surface area contributed by atoms with E-state index in [1.165, 1.54) is 0 Å². The second kappa shape index (κ2) is 5.48. The van der Waals surface area contributed by atoms with E-state index >= 15 is 0 Å². The summed E-state index contributed by atoms with van der Waals surface area (Å²) in [7, 11) is 0.297. The minimum Gasteiger partial charge on any atom is -0.398 e. The van der Waals surface area contributed by atoms with Gasteiger partial charge in [-0.15, -0.1) is 0 Å². The number of nitrogen functional groups attached to an aromatic ring is 1. The molecule has 0 spiro atoms. The van der Waals surface area contributed by atoms with Crippen LogP contribution in [-0.2, 0) is 10.0 Å². The van der Waals surface area contributed by atoms with Crippen molar-refractivity contribution >= 4 is 15.7 Å². The molecule has 0 atom stereocenters. The molecule has 5 nitrogen and oxygen atoms in total. The molecule has 0 aliphatic carbocycles. The van der Waals surface area contributed by atoms with Crippen molar-refractivity contribution in [3.63, 3.8) is 0 Å². The lowest BCUT2D eigenvalue weighted by Crippen LogP contribution is -2.48. The van der Waals surface area contributed by atoms with Crippen LogP contribution in [0.2, 0.25) is 0 Å². The maximum Gasteiger partial charge on any atom is 0.240 e. The van der Waals surface area contributed by atoms with E-state index < -0.39 is 10.0 Å². The third-order valence-corrected chi connectivity index (χ3v) is 5.07. The summed E-state index contributed by atoms with van der Waals surface area (Å²) in [5, 5.41) is 0. The predicted octanol–water partition coefficient (Wildman–Crippen LogP) is 1.20. The van der Waals surface area contributed by atoms with Gasteiger partial charge in [-0.1, -0.05) is 6.07 Å². The Labute approximate surface area is 115 Å². The molecule has 19 heavy (non-hydrogen) atoms. The standard InChI is InChI=1S/C13H23N3O2S/c1-10-11(14)7-6-8-12(10)19(17,18)15-9-13(2,3)16(4)5/h6-8,15H,9,14H2,1-5H3. The van der Waals surface area contributed by atoms with Crippen molar-refractivity contribution < 1.29 is 8.42 Å². The van der Waals surface area contributed by atoms with E-state index in [-0.39, 0.29) is 10.4 Å². The van der Waals surface area contributed by atoms with Crippen LogP contribution in [-0.4, -0.2) is 39.5 Å². The molecular formula is C13H23N3O2S. The first-order valence-electron chi connectivity index (χ1n) is 6.10. The molecule has 0 saturated heterocycles. The fourth-order valence-corrected chi connectivity index (χ4v) is 2.91. The first-order chi connectivity index (χ1) is 8.58. The molecule has 0 bridgehead atoms. The van der Waals surface area contributed by atoms with Gasteiger partial charge in [0.2, 0.25) is 10.0 Å². The Bertz CT molecular complexity index is 551. The highest BCUT2D eigenvalue weighted by molar-refractivity contribution is 7.89. The highest BCUT2D eigenvalue weighted by Crippen LogP contribution is 2.20. The molecule has 0 heterocycles. The van der Waals surface area contributed by atoms with Gasteiger partial charge in [0, 0.05) is 17.8 Å². The molecule has 0 radical (unpaired) electrons. The van der Waals surface area contributed by atoms with Crippen molar-refractivity contribution in [1.29, 1.82) is 0 Å². The number of benzene rings is 1. The Balaban J connectivity index is 2.97. The quantitative estimate of drug-likeness (QED) is 0.797. The van der Waals surface area contributed by atoms with Gasteiger partial charge in [0.05, 0.1) is 4.90 Å². The van der Waals surface area contributed by atoms with E-state index in [0.717, 1.165) is 0 Å². The molecule has 1 rings (SSSR count). The monoisotopic (exact) mass is 285 g/mol. The van der Waals surface area contributed by atoms with Gasteiger partial charge in [-0.3, -0.25) is 0 Å². The van der Waals surface area contributed by atoms with Crippen molar-refractivity contribution in [2.45, 2.75) is 31.2 Å². The Hall–Kier alpha value is -1.11. The van der Waals surface area contributed by atoms with Crippen LogP contribution in [0.5, 0.6) is 0 Å². The van der Waals surface area contributed by atoms with Gasteiger partial charge in [-0.25, -0.2) is 13.1 Å². The smallest absolute Gasteiger partial charge is 0.240 e. The van der Waals surface area contributed by atoms with Crippen LogP contribution in [0, 0.1) is 6.92 Å². The molecule has 0 aliphatic rings. The fraction of sp³-hybridized carbons (Fsp3) is 0.538. The zero-order valence-corrected chi connectivity index (χ0v) is 13.0. The maximum atomic E-state index is 12.3. The van der Waals surface area contributed by atoms with Crippen LogP contribution in [0.1, 0.15) is 19.4 Å². The highest BCUT2D eigenvalue weighted by atomic mass is 32.2. The lowest BCUT2D eigenvalue weighted by molar-refractivity contribution is 0.199. The summed E-state index contributed by atoms with van der Waals surface area (Å²) in [5.74, 6) is 0. The predicted molar refractivity (Wildman–Crippen MR) is 78.5 cm³/mol. The van der Waals surface area contributed by atoms with Gasteiger partial charge in [-0.2, -0.15) is 0 Å². The molecule has 0 aliphatic heterocycles. The van der Waals surface area contributed by atoms with E-state index in [0.29, 0.717) is 17.8 Å². The average Bonchev–Trinajstić information content (AvgIpc) is 2.30. The molecule has 0 amide bonds. The number of sulfonamides is 1. The van der Waals surface area contributed by atoms with E-state index in [1.54, 1.807) is 25.1 Å². The van der Waals surface area contributed by atoms with E-state index in [1.807, 2.05) is 32.8 Å². The van der Waals surface area contributed by atoms with Crippen LogP contribution < -0.4 is 10.5 Å². The third-order valence-electron chi connectivity index (χ3n) is 3.52. The molecule has 6 heteroatoms. The molecule has 0 fully saturated rings. The second-order valence-electron chi connectivity index (χ2n) is 5.50. The summed E-state index contributed by atoms with van der Waals surface area (Å²) in [5.41, 5.74) is 6.55. The van der Waals surface area contributed by atoms with Crippen molar-refractivity contribution in [2.75, 3.05) is 26.4 Å². The van der Waals surface area contributed by atoms with Crippen molar-refractivity contribution in [2.24, 2.45) is 0 Å². The highest BCUT2D eigenvalue weighted by Gasteiger charge is 2.25.